The lowest BCUT2D eigenvalue weighted by Crippen LogP contribution is -2.56. The molecule has 2 aliphatic rings. The summed E-state index contributed by atoms with van der Waals surface area (Å²) in [5.41, 5.74) is 3.88. The number of piperazine rings is 1. The van der Waals surface area contributed by atoms with Gasteiger partial charge in [-0.05, 0) is 30.3 Å². The van der Waals surface area contributed by atoms with E-state index in [4.69, 9.17) is 16.6 Å². The van der Waals surface area contributed by atoms with Crippen molar-refractivity contribution in [2.24, 2.45) is 4.99 Å². The second kappa shape index (κ2) is 5.77. The SMILES string of the molecule is C[N+]1(O)CCN(C2=Nc3cc(Cl)ccc3Nc3ccccc32)CC1. The molecule has 0 radical (unpaired) electrons. The van der Waals surface area contributed by atoms with Crippen LogP contribution in [0.5, 0.6) is 0 Å². The quantitative estimate of drug-likeness (QED) is 0.718. The summed E-state index contributed by atoms with van der Waals surface area (Å²) in [7, 11) is 1.84. The maximum absolute atomic E-state index is 10.2. The van der Waals surface area contributed by atoms with E-state index < -0.39 is 0 Å². The highest BCUT2D eigenvalue weighted by molar-refractivity contribution is 6.31. The standard InChI is InChI=1S/C18H20ClN4O/c1-23(24)10-8-22(9-11-23)18-14-4-2-3-5-15(14)20-16-7-6-13(19)12-17(16)21-18/h2-7,12,20,24H,8-11H2,1H3/q+1. The predicted octanol–water partition coefficient (Wildman–Crippen LogP) is 3.63. The molecule has 5 nitrogen and oxygen atoms in total. The van der Waals surface area contributed by atoms with Crippen LogP contribution in [0, 0.1) is 0 Å². The topological polar surface area (TPSA) is 47.9 Å². The molecule has 0 amide bonds. The van der Waals surface area contributed by atoms with Crippen LogP contribution in [0.4, 0.5) is 17.1 Å². The van der Waals surface area contributed by atoms with Gasteiger partial charge in [0.25, 0.3) is 0 Å². The molecule has 1 fully saturated rings. The zero-order valence-electron chi connectivity index (χ0n) is 13.5. The fourth-order valence-electron chi connectivity index (χ4n) is 3.16. The number of benzene rings is 2. The van der Waals surface area contributed by atoms with Crippen LogP contribution in [0.25, 0.3) is 0 Å². The smallest absolute Gasteiger partial charge is 0.139 e. The first kappa shape index (κ1) is 15.4. The van der Waals surface area contributed by atoms with Crippen molar-refractivity contribution in [1.29, 1.82) is 0 Å². The van der Waals surface area contributed by atoms with Gasteiger partial charge in [0.15, 0.2) is 0 Å². The fourth-order valence-corrected chi connectivity index (χ4v) is 3.32. The number of nitrogens with one attached hydrogen (secondary N) is 1. The van der Waals surface area contributed by atoms with E-state index in [0.29, 0.717) is 18.1 Å². The number of halogens is 1. The summed E-state index contributed by atoms with van der Waals surface area (Å²) in [6.07, 6.45) is 0. The molecule has 0 aromatic heterocycles. The second-order valence-electron chi connectivity index (χ2n) is 6.54. The number of hydrogen-bond donors (Lipinski definition) is 2. The minimum absolute atomic E-state index is 0.0616. The summed E-state index contributed by atoms with van der Waals surface area (Å²) < 4.78 is 0.0616. The van der Waals surface area contributed by atoms with E-state index >= 15 is 0 Å². The van der Waals surface area contributed by atoms with Gasteiger partial charge in [-0.15, -0.1) is 0 Å². The Labute approximate surface area is 146 Å². The summed E-state index contributed by atoms with van der Waals surface area (Å²) in [4.78, 5) is 7.16. The number of amidine groups is 1. The Morgan fingerprint density at radius 3 is 2.67 bits per heavy atom. The molecule has 2 aromatic carbocycles. The van der Waals surface area contributed by atoms with Crippen LogP contribution >= 0.6 is 11.6 Å². The zero-order chi connectivity index (χ0) is 16.7. The largest absolute Gasteiger partial charge is 0.353 e. The molecule has 4 rings (SSSR count). The molecule has 6 heteroatoms. The summed E-state index contributed by atoms with van der Waals surface area (Å²) in [6, 6.07) is 13.9. The van der Waals surface area contributed by atoms with E-state index in [0.717, 1.165) is 41.6 Å². The van der Waals surface area contributed by atoms with Gasteiger partial charge >= 0.3 is 0 Å². The van der Waals surface area contributed by atoms with Gasteiger partial charge in [-0.2, -0.15) is 4.65 Å². The maximum atomic E-state index is 10.2. The van der Waals surface area contributed by atoms with Gasteiger partial charge in [0.1, 0.15) is 18.9 Å². The third-order valence-corrected chi connectivity index (χ3v) is 4.86. The Bertz CT molecular complexity index is 808. The molecule has 0 spiro atoms. The van der Waals surface area contributed by atoms with Crippen LogP contribution in [0.3, 0.4) is 0 Å². The molecule has 124 valence electrons. The van der Waals surface area contributed by atoms with Crippen molar-refractivity contribution in [3.05, 3.63) is 53.1 Å². The highest BCUT2D eigenvalue weighted by Crippen LogP contribution is 2.36. The first-order valence-electron chi connectivity index (χ1n) is 8.09. The van der Waals surface area contributed by atoms with Crippen molar-refractivity contribution < 1.29 is 9.85 Å². The van der Waals surface area contributed by atoms with Gasteiger partial charge in [-0.3, -0.25) is 0 Å². The number of nitrogens with zero attached hydrogens (tertiary/aromatic N) is 3. The predicted molar refractivity (Wildman–Crippen MR) is 96.7 cm³/mol. The molecule has 2 heterocycles. The normalized spacial score (nSPS) is 18.8. The third kappa shape index (κ3) is 2.86. The second-order valence-corrected chi connectivity index (χ2v) is 6.98. The lowest BCUT2D eigenvalue weighted by molar-refractivity contribution is -1.09. The van der Waals surface area contributed by atoms with Crippen molar-refractivity contribution in [1.82, 2.24) is 4.90 Å². The van der Waals surface area contributed by atoms with Crippen LogP contribution in [-0.2, 0) is 0 Å². The first-order chi connectivity index (χ1) is 11.5. The summed E-state index contributed by atoms with van der Waals surface area (Å²) in [5, 5.41) is 14.3. The Balaban J connectivity index is 1.80. The number of fused-ring (bicyclic) bond motifs is 2. The number of hydrogen-bond acceptors (Lipinski definition) is 4. The van der Waals surface area contributed by atoms with Crippen molar-refractivity contribution in [2.45, 2.75) is 0 Å². The highest BCUT2D eigenvalue weighted by atomic mass is 35.5. The Morgan fingerprint density at radius 1 is 1.12 bits per heavy atom. The molecular weight excluding hydrogens is 324 g/mol. The number of anilines is 2. The van der Waals surface area contributed by atoms with Crippen LogP contribution in [0.15, 0.2) is 47.5 Å². The fraction of sp³-hybridized carbons (Fsp3) is 0.278. The molecular formula is C18H20ClN4O+. The molecule has 0 atom stereocenters. The lowest BCUT2D eigenvalue weighted by Gasteiger charge is -2.37. The average Bonchev–Trinajstić information content (AvgIpc) is 2.71. The van der Waals surface area contributed by atoms with Crippen LogP contribution in [-0.4, -0.2) is 53.8 Å². The molecule has 2 N–H and O–H groups in total. The Morgan fingerprint density at radius 2 is 1.88 bits per heavy atom. The van der Waals surface area contributed by atoms with Gasteiger partial charge in [0, 0.05) is 16.3 Å². The number of quaternary nitrogens is 1. The number of likely N-dealkylation sites (N-methyl/N-ethyl adjacent to an activating group) is 1. The zero-order valence-corrected chi connectivity index (χ0v) is 14.3. The summed E-state index contributed by atoms with van der Waals surface area (Å²) >= 11 is 6.17. The van der Waals surface area contributed by atoms with Gasteiger partial charge in [-0.1, -0.05) is 23.7 Å². The molecule has 0 bridgehead atoms. The summed E-state index contributed by atoms with van der Waals surface area (Å²) in [6.45, 7) is 2.88. The molecule has 0 aliphatic carbocycles. The molecule has 1 saturated heterocycles. The molecule has 24 heavy (non-hydrogen) atoms. The highest BCUT2D eigenvalue weighted by Gasteiger charge is 2.31. The van der Waals surface area contributed by atoms with Crippen molar-refractivity contribution >= 4 is 34.5 Å². The Hall–Kier alpha value is -2.08. The maximum Gasteiger partial charge on any atom is 0.139 e. The van der Waals surface area contributed by atoms with Crippen molar-refractivity contribution in [2.75, 3.05) is 38.5 Å². The van der Waals surface area contributed by atoms with Gasteiger partial charge in [0.2, 0.25) is 0 Å². The number of para-hydroxylation sites is 1. The lowest BCUT2D eigenvalue weighted by atomic mass is 10.1. The van der Waals surface area contributed by atoms with E-state index in [-0.39, 0.29) is 4.65 Å². The van der Waals surface area contributed by atoms with Gasteiger partial charge < -0.3 is 10.2 Å². The third-order valence-electron chi connectivity index (χ3n) is 4.63. The number of aliphatic imine (C=N–C) groups is 1. The van der Waals surface area contributed by atoms with Crippen LogP contribution in [0.2, 0.25) is 5.02 Å². The van der Waals surface area contributed by atoms with Gasteiger partial charge in [-0.25, -0.2) is 10.2 Å². The van der Waals surface area contributed by atoms with E-state index in [9.17, 15) is 5.21 Å². The van der Waals surface area contributed by atoms with E-state index in [1.54, 1.807) is 0 Å². The van der Waals surface area contributed by atoms with Gasteiger partial charge in [0.05, 0.1) is 31.5 Å². The minimum atomic E-state index is 0.0616. The molecule has 0 saturated carbocycles. The molecule has 0 unspecified atom stereocenters. The van der Waals surface area contributed by atoms with E-state index in [2.05, 4.69) is 22.3 Å². The first-order valence-corrected chi connectivity index (χ1v) is 8.47. The Kier molecular flexibility index (Phi) is 3.72. The van der Waals surface area contributed by atoms with Crippen molar-refractivity contribution in [3.8, 4) is 0 Å². The monoisotopic (exact) mass is 343 g/mol. The van der Waals surface area contributed by atoms with Crippen molar-refractivity contribution in [3.63, 3.8) is 0 Å². The summed E-state index contributed by atoms with van der Waals surface area (Å²) in [5.74, 6) is 0.929. The molecule has 2 aliphatic heterocycles. The van der Waals surface area contributed by atoms with Crippen LogP contribution < -0.4 is 5.32 Å². The molecule has 2 aromatic rings. The van der Waals surface area contributed by atoms with E-state index in [1.165, 1.54) is 0 Å². The average molecular weight is 344 g/mol. The van der Waals surface area contributed by atoms with Crippen LogP contribution in [0.1, 0.15) is 5.56 Å². The van der Waals surface area contributed by atoms with E-state index in [1.807, 2.05) is 37.4 Å². The minimum Gasteiger partial charge on any atom is -0.353 e. The number of hydroxylamine groups is 3. The number of rotatable bonds is 0.